The number of aliphatic hydroxyl groups is 4. The van der Waals surface area contributed by atoms with Gasteiger partial charge in [0, 0.05) is 27.1 Å². The summed E-state index contributed by atoms with van der Waals surface area (Å²) < 4.78 is 36.2. The van der Waals surface area contributed by atoms with E-state index < -0.39 is 60.7 Å². The molecule has 2 amide bonds. The van der Waals surface area contributed by atoms with Gasteiger partial charge in [0.1, 0.15) is 36.1 Å². The van der Waals surface area contributed by atoms with Gasteiger partial charge >= 0.3 is 0 Å². The van der Waals surface area contributed by atoms with Gasteiger partial charge in [0.05, 0.1) is 34.3 Å². The lowest BCUT2D eigenvalue weighted by Gasteiger charge is -2.41. The van der Waals surface area contributed by atoms with Crippen LogP contribution in [0.5, 0.6) is 0 Å². The second-order valence-electron chi connectivity index (χ2n) is 9.57. The van der Waals surface area contributed by atoms with Crippen LogP contribution in [-0.4, -0.2) is 72.8 Å². The molecule has 6 N–H and O–H groups in total. The van der Waals surface area contributed by atoms with Crippen LogP contribution in [0.15, 0.2) is 36.4 Å². The molecule has 0 unspecified atom stereocenters. The molecule has 10 nitrogen and oxygen atoms in total. The van der Waals surface area contributed by atoms with Crippen LogP contribution in [0.4, 0.5) is 8.78 Å². The number of halogens is 2. The third-order valence-electron chi connectivity index (χ3n) is 7.52. The minimum atomic E-state index is -1.72. The van der Waals surface area contributed by atoms with Crippen molar-refractivity contribution in [3.63, 3.8) is 0 Å². The van der Waals surface area contributed by atoms with E-state index in [-0.39, 0.29) is 43.8 Å². The van der Waals surface area contributed by atoms with Crippen LogP contribution < -0.4 is 5.32 Å². The Morgan fingerprint density at radius 2 is 1.53 bits per heavy atom. The Kier molecular flexibility index (Phi) is 4.75. The van der Waals surface area contributed by atoms with Crippen LogP contribution in [-0.2, 0) is 4.74 Å². The number of ether oxygens (including phenoxy) is 1. The number of nitrogens with zero attached hydrogens (tertiary/aromatic N) is 1. The first-order valence-corrected chi connectivity index (χ1v) is 11.8. The number of carbonyl (C=O) groups is 2. The largest absolute Gasteiger partial charge is 0.394 e. The first-order chi connectivity index (χ1) is 18.2. The molecule has 0 radical (unpaired) electrons. The zero-order chi connectivity index (χ0) is 26.6. The number of imide groups is 1. The standard InChI is InChI=1S/C26H19F2N3O7/c27-8-1-3-12-10(5-8)15-17-18(25(37)30-24(17)36)16-11-6-9(28)2-4-13(11)31(20(16)19(15)29-12)26-23(35)22(34)21(33)14(7-32)38-26/h1-6,14,21-23,26,29,32-35H,7H2,(H,30,36,37)/t14-,21-,22+,23-,26-/m1/s1. The molecule has 1 fully saturated rings. The van der Waals surface area contributed by atoms with Gasteiger partial charge in [0.2, 0.25) is 0 Å². The molecule has 12 heteroatoms. The van der Waals surface area contributed by atoms with Crippen LogP contribution >= 0.6 is 0 Å². The van der Waals surface area contributed by atoms with E-state index >= 15 is 0 Å². The summed E-state index contributed by atoms with van der Waals surface area (Å²) >= 11 is 0. The predicted octanol–water partition coefficient (Wildman–Crippen LogP) is 1.56. The first kappa shape index (κ1) is 23.2. The van der Waals surface area contributed by atoms with Crippen molar-refractivity contribution in [2.75, 3.05) is 6.61 Å². The van der Waals surface area contributed by atoms with E-state index in [9.17, 15) is 38.8 Å². The highest BCUT2D eigenvalue weighted by molar-refractivity contribution is 6.39. The van der Waals surface area contributed by atoms with Gasteiger partial charge in [-0.05, 0) is 36.4 Å². The van der Waals surface area contributed by atoms with E-state index in [1.165, 1.54) is 34.9 Å². The maximum atomic E-state index is 14.6. The number of nitrogens with one attached hydrogen (secondary N) is 2. The molecule has 0 aliphatic carbocycles. The van der Waals surface area contributed by atoms with Crippen molar-refractivity contribution in [3.8, 4) is 0 Å². The van der Waals surface area contributed by atoms with E-state index in [1.807, 2.05) is 0 Å². The fourth-order valence-corrected chi connectivity index (χ4v) is 5.88. The van der Waals surface area contributed by atoms with Crippen molar-refractivity contribution < 1.29 is 43.5 Å². The van der Waals surface area contributed by atoms with Crippen LogP contribution in [0, 0.1) is 11.6 Å². The fourth-order valence-electron chi connectivity index (χ4n) is 5.88. The summed E-state index contributed by atoms with van der Waals surface area (Å²) in [5.41, 5.74) is 1.15. The lowest BCUT2D eigenvalue weighted by molar-refractivity contribution is -0.249. The van der Waals surface area contributed by atoms with Gasteiger partial charge in [-0.1, -0.05) is 0 Å². The van der Waals surface area contributed by atoms with Gasteiger partial charge in [0.25, 0.3) is 11.8 Å². The number of fused-ring (bicyclic) bond motifs is 10. The van der Waals surface area contributed by atoms with Gasteiger partial charge in [-0.25, -0.2) is 8.78 Å². The Hall–Kier alpha value is -3.94. The van der Waals surface area contributed by atoms with E-state index in [0.29, 0.717) is 10.9 Å². The van der Waals surface area contributed by atoms with Crippen LogP contribution in [0.2, 0.25) is 0 Å². The molecule has 2 aliphatic rings. The Morgan fingerprint density at radius 3 is 2.24 bits per heavy atom. The maximum Gasteiger partial charge on any atom is 0.259 e. The average Bonchev–Trinajstić information content (AvgIpc) is 3.51. The van der Waals surface area contributed by atoms with Crippen molar-refractivity contribution in [1.82, 2.24) is 14.9 Å². The number of H-pyrrole nitrogens is 1. The quantitative estimate of drug-likeness (QED) is 0.192. The van der Waals surface area contributed by atoms with Crippen molar-refractivity contribution in [2.24, 2.45) is 0 Å². The Balaban J connectivity index is 1.72. The second-order valence-corrected chi connectivity index (χ2v) is 9.57. The van der Waals surface area contributed by atoms with E-state index in [4.69, 9.17) is 4.74 Å². The number of aromatic nitrogens is 2. The van der Waals surface area contributed by atoms with Crippen LogP contribution in [0.3, 0.4) is 0 Å². The Morgan fingerprint density at radius 1 is 0.868 bits per heavy atom. The number of amides is 2. The van der Waals surface area contributed by atoms with Gasteiger partial charge in [-0.2, -0.15) is 0 Å². The molecule has 2 aliphatic heterocycles. The lowest BCUT2D eigenvalue weighted by atomic mass is 9.96. The topological polar surface area (TPSA) is 157 Å². The van der Waals surface area contributed by atoms with Crippen molar-refractivity contribution in [1.29, 1.82) is 0 Å². The number of aromatic amines is 1. The minimum absolute atomic E-state index is 0.00790. The molecule has 0 bridgehead atoms. The highest BCUT2D eigenvalue weighted by Gasteiger charge is 2.46. The molecule has 3 aromatic carbocycles. The summed E-state index contributed by atoms with van der Waals surface area (Å²) in [6.07, 6.45) is -7.72. The molecule has 0 saturated carbocycles. The van der Waals surface area contributed by atoms with E-state index in [1.54, 1.807) is 0 Å². The van der Waals surface area contributed by atoms with Crippen LogP contribution in [0.25, 0.3) is 43.6 Å². The molecule has 38 heavy (non-hydrogen) atoms. The smallest absolute Gasteiger partial charge is 0.259 e. The number of benzene rings is 3. The predicted molar refractivity (Wildman–Crippen MR) is 130 cm³/mol. The normalized spacial score (nSPS) is 25.7. The summed E-state index contributed by atoms with van der Waals surface area (Å²) in [6, 6.07) is 7.63. The summed E-state index contributed by atoms with van der Waals surface area (Å²) in [5, 5.41) is 44.8. The molecular formula is C26H19F2N3O7. The molecule has 5 aromatic rings. The molecule has 7 rings (SSSR count). The zero-order valence-corrected chi connectivity index (χ0v) is 19.3. The molecule has 4 heterocycles. The number of aliphatic hydroxyl groups excluding tert-OH is 4. The van der Waals surface area contributed by atoms with Crippen LogP contribution in [0.1, 0.15) is 26.9 Å². The highest BCUT2D eigenvalue weighted by Crippen LogP contribution is 2.46. The third kappa shape index (κ3) is 2.86. The van der Waals surface area contributed by atoms with Gasteiger partial charge in [-0.3, -0.25) is 14.9 Å². The molecule has 1 saturated heterocycles. The summed E-state index contributed by atoms with van der Waals surface area (Å²) in [7, 11) is 0. The van der Waals surface area contributed by atoms with Gasteiger partial charge in [-0.15, -0.1) is 0 Å². The van der Waals surface area contributed by atoms with Crippen molar-refractivity contribution >= 4 is 55.4 Å². The molecule has 5 atom stereocenters. The molecular weight excluding hydrogens is 504 g/mol. The van der Waals surface area contributed by atoms with E-state index in [2.05, 4.69) is 10.3 Å². The molecule has 2 aromatic heterocycles. The zero-order valence-electron chi connectivity index (χ0n) is 19.3. The number of rotatable bonds is 2. The maximum absolute atomic E-state index is 14.6. The number of hydrogen-bond donors (Lipinski definition) is 6. The number of carbonyl (C=O) groups excluding carboxylic acids is 2. The Labute approximate surface area is 210 Å². The van der Waals surface area contributed by atoms with E-state index in [0.717, 1.165) is 6.07 Å². The summed E-state index contributed by atoms with van der Waals surface area (Å²) in [4.78, 5) is 29.3. The second kappa shape index (κ2) is 7.79. The minimum Gasteiger partial charge on any atom is -0.394 e. The monoisotopic (exact) mass is 523 g/mol. The summed E-state index contributed by atoms with van der Waals surface area (Å²) in [6.45, 7) is -0.680. The number of hydrogen-bond acceptors (Lipinski definition) is 7. The molecule has 0 spiro atoms. The lowest BCUT2D eigenvalue weighted by Crippen LogP contribution is -2.56. The fraction of sp³-hybridized carbons (Fsp3) is 0.231. The average molecular weight is 523 g/mol. The first-order valence-electron chi connectivity index (χ1n) is 11.8. The Bertz CT molecular complexity index is 1860. The molecule has 194 valence electrons. The summed E-state index contributed by atoms with van der Waals surface area (Å²) in [5.74, 6) is -2.65. The highest BCUT2D eigenvalue weighted by atomic mass is 19.1. The van der Waals surface area contributed by atoms with Gasteiger partial charge < -0.3 is 34.7 Å². The van der Waals surface area contributed by atoms with Gasteiger partial charge in [0.15, 0.2) is 6.23 Å². The van der Waals surface area contributed by atoms with Crippen molar-refractivity contribution in [2.45, 2.75) is 30.6 Å². The SMILES string of the molecule is O=C1NC(=O)c2c1c1c3cc(F)ccc3[nH]c1c1c2c2cc(F)ccc2n1[C@@H]1O[C@H](CO)[C@@H](O)[C@H](O)[C@H]1O. The third-order valence-corrected chi connectivity index (χ3v) is 7.52. The van der Waals surface area contributed by atoms with Crippen molar-refractivity contribution in [3.05, 3.63) is 59.2 Å².